The molecule has 1 aliphatic heterocycles. The van der Waals surface area contributed by atoms with Gasteiger partial charge in [-0.25, -0.2) is 15.0 Å². The van der Waals surface area contributed by atoms with Gasteiger partial charge in [-0.2, -0.15) is 4.39 Å². The Morgan fingerprint density at radius 1 is 1.17 bits per heavy atom. The Hall–Kier alpha value is -4.32. The summed E-state index contributed by atoms with van der Waals surface area (Å²) in [5, 5.41) is 7.05. The first-order chi connectivity index (χ1) is 19.9. The summed E-state index contributed by atoms with van der Waals surface area (Å²) in [6, 6.07) is 13.2. The number of fused-ring (bicyclic) bond motifs is 1. The number of benzene rings is 2. The van der Waals surface area contributed by atoms with Gasteiger partial charge in [0.1, 0.15) is 36.9 Å². The standard InChI is InChI=1S/C29H28ClFN6O4/c1-3-28(38)36-24-12-21-23(13-26(24)40-10-9-37-14-20(15-37)39-2)32-17-33-29(21)35-18-7-8-25(22(30)11-18)41-16-19-5-4-6-27(31)34-19/h3-8,11-13,17,20H,1,9-10,14-16H2,2H3,(H,36,38)(H,32,33,35). The van der Waals surface area contributed by atoms with Gasteiger partial charge in [0.2, 0.25) is 11.9 Å². The zero-order valence-electron chi connectivity index (χ0n) is 22.3. The van der Waals surface area contributed by atoms with Crippen molar-refractivity contribution in [3.05, 3.63) is 84.2 Å². The molecule has 10 nitrogen and oxygen atoms in total. The minimum Gasteiger partial charge on any atom is -0.490 e. The Morgan fingerprint density at radius 2 is 2.02 bits per heavy atom. The van der Waals surface area contributed by atoms with Crippen LogP contribution in [0.1, 0.15) is 5.69 Å². The number of nitrogens with one attached hydrogen (secondary N) is 2. The number of aromatic nitrogens is 3. The van der Waals surface area contributed by atoms with Crippen molar-refractivity contribution in [1.82, 2.24) is 19.9 Å². The predicted octanol–water partition coefficient (Wildman–Crippen LogP) is 4.97. The highest BCUT2D eigenvalue weighted by molar-refractivity contribution is 6.32. The lowest BCUT2D eigenvalue weighted by molar-refractivity contribution is -0.111. The summed E-state index contributed by atoms with van der Waals surface area (Å²) in [4.78, 5) is 27.0. The van der Waals surface area contributed by atoms with Crippen LogP contribution in [0, 0.1) is 5.95 Å². The van der Waals surface area contributed by atoms with Crippen molar-refractivity contribution in [3.63, 3.8) is 0 Å². The fraction of sp³-hybridized carbons (Fsp3) is 0.241. The highest BCUT2D eigenvalue weighted by Crippen LogP contribution is 2.35. The summed E-state index contributed by atoms with van der Waals surface area (Å²) in [5.74, 6) is 0.450. The molecule has 212 valence electrons. The van der Waals surface area contributed by atoms with E-state index in [9.17, 15) is 9.18 Å². The van der Waals surface area contributed by atoms with Crippen LogP contribution in [0.15, 0.2) is 67.5 Å². The Morgan fingerprint density at radius 3 is 2.78 bits per heavy atom. The van der Waals surface area contributed by atoms with E-state index in [-0.39, 0.29) is 18.6 Å². The second-order valence-electron chi connectivity index (χ2n) is 9.26. The Balaban J connectivity index is 1.32. The maximum absolute atomic E-state index is 13.3. The molecule has 4 aromatic rings. The molecular weight excluding hydrogens is 551 g/mol. The Kier molecular flexibility index (Phi) is 8.88. The van der Waals surface area contributed by atoms with E-state index in [1.54, 1.807) is 49.6 Å². The number of carbonyl (C=O) groups excluding carboxylic acids is 1. The SMILES string of the molecule is C=CC(=O)Nc1cc2c(Nc3ccc(OCc4cccc(F)n4)c(Cl)c3)ncnc2cc1OCCN1CC(OC)C1. The molecule has 1 saturated heterocycles. The van der Waals surface area contributed by atoms with E-state index in [2.05, 4.69) is 37.1 Å². The lowest BCUT2D eigenvalue weighted by Crippen LogP contribution is -2.52. The molecule has 3 heterocycles. The van der Waals surface area contributed by atoms with Gasteiger partial charge in [-0.05, 0) is 42.5 Å². The van der Waals surface area contributed by atoms with Gasteiger partial charge in [0, 0.05) is 43.9 Å². The van der Waals surface area contributed by atoms with Crippen molar-refractivity contribution in [1.29, 1.82) is 0 Å². The topological polar surface area (TPSA) is 111 Å². The number of halogens is 2. The van der Waals surface area contributed by atoms with E-state index in [0.29, 0.717) is 56.9 Å². The second-order valence-corrected chi connectivity index (χ2v) is 9.66. The van der Waals surface area contributed by atoms with Gasteiger partial charge in [-0.1, -0.05) is 24.2 Å². The van der Waals surface area contributed by atoms with Crippen LogP contribution in [0.3, 0.4) is 0 Å². The minimum atomic E-state index is -0.577. The van der Waals surface area contributed by atoms with Crippen LogP contribution in [-0.4, -0.2) is 65.2 Å². The molecule has 2 aromatic heterocycles. The van der Waals surface area contributed by atoms with Crippen LogP contribution >= 0.6 is 11.6 Å². The monoisotopic (exact) mass is 578 g/mol. The van der Waals surface area contributed by atoms with Crippen LogP contribution in [0.25, 0.3) is 10.9 Å². The first kappa shape index (κ1) is 28.2. The van der Waals surface area contributed by atoms with Gasteiger partial charge in [0.25, 0.3) is 0 Å². The van der Waals surface area contributed by atoms with Crippen molar-refractivity contribution in [2.45, 2.75) is 12.7 Å². The molecule has 1 amide bonds. The lowest BCUT2D eigenvalue weighted by atomic mass is 10.1. The normalized spacial score (nSPS) is 13.4. The maximum Gasteiger partial charge on any atom is 0.247 e. The van der Waals surface area contributed by atoms with E-state index in [4.69, 9.17) is 25.8 Å². The van der Waals surface area contributed by atoms with Crippen molar-refractivity contribution < 1.29 is 23.4 Å². The van der Waals surface area contributed by atoms with E-state index >= 15 is 0 Å². The molecule has 0 radical (unpaired) electrons. The molecule has 0 unspecified atom stereocenters. The predicted molar refractivity (Wildman–Crippen MR) is 154 cm³/mol. The largest absolute Gasteiger partial charge is 0.490 e. The van der Waals surface area contributed by atoms with Gasteiger partial charge >= 0.3 is 0 Å². The quantitative estimate of drug-likeness (QED) is 0.178. The van der Waals surface area contributed by atoms with E-state index < -0.39 is 5.95 Å². The Bertz CT molecular complexity index is 1570. The molecule has 12 heteroatoms. The molecule has 5 rings (SSSR count). The minimum absolute atomic E-state index is 0.0656. The summed E-state index contributed by atoms with van der Waals surface area (Å²) in [6.07, 6.45) is 2.89. The molecule has 0 atom stereocenters. The highest BCUT2D eigenvalue weighted by atomic mass is 35.5. The fourth-order valence-corrected chi connectivity index (χ4v) is 4.47. The van der Waals surface area contributed by atoms with Gasteiger partial charge in [0.05, 0.1) is 28.0 Å². The van der Waals surface area contributed by atoms with Crippen molar-refractivity contribution in [2.75, 3.05) is 44.0 Å². The summed E-state index contributed by atoms with van der Waals surface area (Å²) >= 11 is 6.46. The number of hydrogen-bond acceptors (Lipinski definition) is 9. The van der Waals surface area contributed by atoms with E-state index in [1.807, 2.05) is 0 Å². The molecule has 0 bridgehead atoms. The number of amides is 1. The smallest absolute Gasteiger partial charge is 0.247 e. The van der Waals surface area contributed by atoms with Gasteiger partial charge in [-0.3, -0.25) is 9.69 Å². The van der Waals surface area contributed by atoms with E-state index in [1.165, 1.54) is 18.5 Å². The average Bonchev–Trinajstić information content (AvgIpc) is 2.94. The summed E-state index contributed by atoms with van der Waals surface area (Å²) in [7, 11) is 1.71. The Labute approximate surface area is 241 Å². The number of ether oxygens (including phenoxy) is 3. The highest BCUT2D eigenvalue weighted by Gasteiger charge is 2.25. The number of rotatable bonds is 12. The van der Waals surface area contributed by atoms with Crippen LogP contribution in [-0.2, 0) is 16.1 Å². The molecule has 0 spiro atoms. The van der Waals surface area contributed by atoms with Gasteiger partial charge in [-0.15, -0.1) is 0 Å². The van der Waals surface area contributed by atoms with Crippen LogP contribution in [0.4, 0.5) is 21.6 Å². The number of carbonyl (C=O) groups is 1. The lowest BCUT2D eigenvalue weighted by Gasteiger charge is -2.37. The second kappa shape index (κ2) is 12.9. The molecular formula is C29H28ClFN6O4. The third-order valence-corrected chi connectivity index (χ3v) is 6.74. The summed E-state index contributed by atoms with van der Waals surface area (Å²) < 4.78 is 30.4. The molecule has 1 aliphatic rings. The first-order valence-electron chi connectivity index (χ1n) is 12.8. The number of methoxy groups -OCH3 is 1. The zero-order chi connectivity index (χ0) is 28.8. The number of hydrogen-bond donors (Lipinski definition) is 2. The molecule has 2 aromatic carbocycles. The third-order valence-electron chi connectivity index (χ3n) is 6.44. The van der Waals surface area contributed by atoms with Gasteiger partial charge in [0.15, 0.2) is 0 Å². The zero-order valence-corrected chi connectivity index (χ0v) is 23.0. The molecule has 2 N–H and O–H groups in total. The van der Waals surface area contributed by atoms with Crippen molar-refractivity contribution in [3.8, 4) is 11.5 Å². The molecule has 0 saturated carbocycles. The number of nitrogens with zero attached hydrogens (tertiary/aromatic N) is 4. The summed E-state index contributed by atoms with van der Waals surface area (Å²) in [6.45, 7) is 6.48. The summed E-state index contributed by atoms with van der Waals surface area (Å²) in [5.41, 5.74) is 2.17. The third kappa shape index (κ3) is 7.07. The molecule has 0 aliphatic carbocycles. The van der Waals surface area contributed by atoms with Gasteiger partial charge < -0.3 is 24.8 Å². The first-order valence-corrected chi connectivity index (χ1v) is 13.2. The average molecular weight is 579 g/mol. The molecule has 1 fully saturated rings. The van der Waals surface area contributed by atoms with Crippen LogP contribution < -0.4 is 20.1 Å². The molecule has 41 heavy (non-hydrogen) atoms. The number of anilines is 3. The van der Waals surface area contributed by atoms with E-state index in [0.717, 1.165) is 19.6 Å². The maximum atomic E-state index is 13.3. The van der Waals surface area contributed by atoms with Crippen molar-refractivity contribution in [2.24, 2.45) is 0 Å². The fourth-order valence-electron chi connectivity index (χ4n) is 4.24. The van der Waals surface area contributed by atoms with Crippen LogP contribution in [0.2, 0.25) is 5.02 Å². The number of pyridine rings is 1. The van der Waals surface area contributed by atoms with Crippen molar-refractivity contribution >= 4 is 45.6 Å². The number of likely N-dealkylation sites (tertiary alicyclic amines) is 1. The van der Waals surface area contributed by atoms with Crippen LogP contribution in [0.5, 0.6) is 11.5 Å².